The lowest BCUT2D eigenvalue weighted by Gasteiger charge is -2.34. The highest BCUT2D eigenvalue weighted by molar-refractivity contribution is 6.51. The summed E-state index contributed by atoms with van der Waals surface area (Å²) in [7, 11) is 3.57. The number of hydrogen-bond donors (Lipinski definition) is 1. The third kappa shape index (κ3) is 4.14. The molecule has 1 unspecified atom stereocenters. The van der Waals surface area contributed by atoms with E-state index in [1.54, 1.807) is 36.3 Å². The maximum Gasteiger partial charge on any atom is 0.299 e. The predicted octanol–water partition coefficient (Wildman–Crippen LogP) is 5.53. The van der Waals surface area contributed by atoms with E-state index in [-0.39, 0.29) is 17.3 Å². The Morgan fingerprint density at radius 1 is 0.943 bits per heavy atom. The van der Waals surface area contributed by atoms with Crippen LogP contribution in [-0.2, 0) is 16.6 Å². The van der Waals surface area contributed by atoms with Crippen molar-refractivity contribution in [2.45, 2.75) is 38.1 Å². The van der Waals surface area contributed by atoms with Crippen LogP contribution in [0.5, 0.6) is 5.75 Å². The Kier molecular flexibility index (Phi) is 6.20. The first-order chi connectivity index (χ1) is 17.0. The summed E-state index contributed by atoms with van der Waals surface area (Å²) in [5, 5.41) is 11.3. The van der Waals surface area contributed by atoms with E-state index in [2.05, 4.69) is 0 Å². The SMILES string of the molecule is COc1ccc(/C(O)=C2/C(=O)C(=O)N(c3ccc(-c4cccn4C)cc3)C2C2CCCCC2)cc1. The summed E-state index contributed by atoms with van der Waals surface area (Å²) in [6, 6.07) is 18.2. The molecule has 1 N–H and O–H groups in total. The van der Waals surface area contributed by atoms with Crippen LogP contribution in [0.3, 0.4) is 0 Å². The molecule has 1 aliphatic carbocycles. The van der Waals surface area contributed by atoms with Gasteiger partial charge in [-0.05, 0) is 72.9 Å². The van der Waals surface area contributed by atoms with E-state index >= 15 is 0 Å². The third-order valence-electron chi connectivity index (χ3n) is 7.33. The fourth-order valence-electron chi connectivity index (χ4n) is 5.49. The number of aliphatic hydroxyl groups is 1. The minimum Gasteiger partial charge on any atom is -0.507 e. The first kappa shape index (κ1) is 23.0. The van der Waals surface area contributed by atoms with E-state index in [0.29, 0.717) is 17.0 Å². The Balaban J connectivity index is 1.58. The molecular weight excluding hydrogens is 440 g/mol. The summed E-state index contributed by atoms with van der Waals surface area (Å²) in [4.78, 5) is 28.3. The van der Waals surface area contributed by atoms with E-state index in [1.807, 2.05) is 54.2 Å². The first-order valence-electron chi connectivity index (χ1n) is 12.2. The van der Waals surface area contributed by atoms with E-state index in [9.17, 15) is 14.7 Å². The molecule has 1 aromatic heterocycles. The molecule has 0 spiro atoms. The number of hydrogen-bond acceptors (Lipinski definition) is 4. The quantitative estimate of drug-likeness (QED) is 0.302. The minimum atomic E-state index is -0.625. The van der Waals surface area contributed by atoms with Gasteiger partial charge < -0.3 is 14.4 Å². The number of amides is 1. The number of aryl methyl sites for hydroxylation is 1. The molecule has 1 atom stereocenters. The number of aromatic nitrogens is 1. The third-order valence-corrected chi connectivity index (χ3v) is 7.33. The van der Waals surface area contributed by atoms with Gasteiger partial charge in [0.05, 0.1) is 18.7 Å². The molecule has 2 fully saturated rings. The molecule has 1 saturated heterocycles. The van der Waals surface area contributed by atoms with Crippen molar-refractivity contribution in [2.24, 2.45) is 13.0 Å². The lowest BCUT2D eigenvalue weighted by atomic mass is 9.80. The highest BCUT2D eigenvalue weighted by Gasteiger charge is 2.49. The highest BCUT2D eigenvalue weighted by atomic mass is 16.5. The molecule has 0 radical (unpaired) electrons. The summed E-state index contributed by atoms with van der Waals surface area (Å²) in [6.45, 7) is 0. The van der Waals surface area contributed by atoms with Crippen LogP contribution >= 0.6 is 0 Å². The summed E-state index contributed by atoms with van der Waals surface area (Å²) >= 11 is 0. The molecular formula is C29H30N2O4. The molecule has 5 rings (SSSR count). The number of aliphatic hydroxyl groups excluding tert-OH is 1. The zero-order chi connectivity index (χ0) is 24.5. The summed E-state index contributed by atoms with van der Waals surface area (Å²) in [5.74, 6) is -0.557. The van der Waals surface area contributed by atoms with Crippen LogP contribution in [-0.4, -0.2) is 34.5 Å². The first-order valence-corrected chi connectivity index (χ1v) is 12.2. The molecule has 6 heteroatoms. The van der Waals surface area contributed by atoms with E-state index in [1.165, 1.54) is 0 Å². The molecule has 1 amide bonds. The van der Waals surface area contributed by atoms with Crippen LogP contribution < -0.4 is 9.64 Å². The van der Waals surface area contributed by atoms with E-state index in [4.69, 9.17) is 4.74 Å². The molecule has 180 valence electrons. The van der Waals surface area contributed by atoms with E-state index < -0.39 is 17.7 Å². The number of carbonyl (C=O) groups is 2. The number of rotatable bonds is 5. The van der Waals surface area contributed by atoms with Crippen LogP contribution in [0.15, 0.2) is 72.4 Å². The fourth-order valence-corrected chi connectivity index (χ4v) is 5.49. The van der Waals surface area contributed by atoms with Crippen molar-refractivity contribution in [2.75, 3.05) is 12.0 Å². The summed E-state index contributed by atoms with van der Waals surface area (Å²) in [6.07, 6.45) is 7.09. The molecule has 35 heavy (non-hydrogen) atoms. The van der Waals surface area contributed by atoms with Crippen molar-refractivity contribution < 1.29 is 19.4 Å². The lowest BCUT2D eigenvalue weighted by molar-refractivity contribution is -0.132. The average Bonchev–Trinajstić information content (AvgIpc) is 3.44. The van der Waals surface area contributed by atoms with Gasteiger partial charge in [-0.2, -0.15) is 0 Å². The number of nitrogens with zero attached hydrogens (tertiary/aromatic N) is 2. The number of ether oxygens (including phenoxy) is 1. The van der Waals surface area contributed by atoms with Gasteiger partial charge in [0.25, 0.3) is 11.7 Å². The zero-order valence-corrected chi connectivity index (χ0v) is 20.1. The van der Waals surface area contributed by atoms with Gasteiger partial charge in [0.15, 0.2) is 0 Å². The molecule has 6 nitrogen and oxygen atoms in total. The van der Waals surface area contributed by atoms with Gasteiger partial charge in [0, 0.05) is 30.2 Å². The largest absolute Gasteiger partial charge is 0.507 e. The maximum absolute atomic E-state index is 13.4. The molecule has 1 saturated carbocycles. The van der Waals surface area contributed by atoms with Crippen molar-refractivity contribution in [3.8, 4) is 17.0 Å². The molecule has 1 aliphatic heterocycles. The lowest BCUT2D eigenvalue weighted by Crippen LogP contribution is -2.40. The van der Waals surface area contributed by atoms with Crippen molar-refractivity contribution in [1.82, 2.24) is 4.57 Å². The minimum absolute atomic E-state index is 0.113. The van der Waals surface area contributed by atoms with Crippen LogP contribution in [0.25, 0.3) is 17.0 Å². The van der Waals surface area contributed by atoms with E-state index in [0.717, 1.165) is 43.4 Å². The number of anilines is 1. The number of carbonyl (C=O) groups excluding carboxylic acids is 2. The average molecular weight is 471 g/mol. The standard InChI is InChI=1S/C29H30N2O4/c1-30-18-6-9-24(30)19-10-14-22(15-11-19)31-26(20-7-4-3-5-8-20)25(28(33)29(31)34)27(32)21-12-16-23(35-2)17-13-21/h6,9-18,20,26,32H,3-5,7-8H2,1-2H3/b27-25-. The van der Waals surface area contributed by atoms with Gasteiger partial charge in [0.1, 0.15) is 11.5 Å². The van der Waals surface area contributed by atoms with Gasteiger partial charge in [0.2, 0.25) is 0 Å². The smallest absolute Gasteiger partial charge is 0.299 e. The van der Waals surface area contributed by atoms with Crippen LogP contribution in [0.4, 0.5) is 5.69 Å². The molecule has 2 aromatic carbocycles. The molecule has 3 aromatic rings. The number of ketones is 1. The van der Waals surface area contributed by atoms with Crippen molar-refractivity contribution in [1.29, 1.82) is 0 Å². The fraction of sp³-hybridized carbons (Fsp3) is 0.310. The number of Topliss-reactive ketones (excluding diaryl/α,β-unsaturated/α-hetero) is 1. The van der Waals surface area contributed by atoms with Crippen LogP contribution in [0.2, 0.25) is 0 Å². The second-order valence-corrected chi connectivity index (χ2v) is 9.39. The molecule has 0 bridgehead atoms. The Morgan fingerprint density at radius 3 is 2.23 bits per heavy atom. The Bertz CT molecular complexity index is 1260. The monoisotopic (exact) mass is 470 g/mol. The van der Waals surface area contributed by atoms with Crippen molar-refractivity contribution >= 4 is 23.1 Å². The molecule has 2 aliphatic rings. The highest BCUT2D eigenvalue weighted by Crippen LogP contribution is 2.41. The topological polar surface area (TPSA) is 71.8 Å². The number of benzene rings is 2. The maximum atomic E-state index is 13.4. The number of methoxy groups -OCH3 is 1. The van der Waals surface area contributed by atoms with Gasteiger partial charge in [-0.15, -0.1) is 0 Å². The zero-order valence-electron chi connectivity index (χ0n) is 20.1. The van der Waals surface area contributed by atoms with Gasteiger partial charge in [-0.1, -0.05) is 31.4 Å². The Morgan fingerprint density at radius 2 is 1.63 bits per heavy atom. The normalized spacial score (nSPS) is 20.4. The van der Waals surface area contributed by atoms with Crippen LogP contribution in [0, 0.1) is 5.92 Å². The Labute approximate surface area is 205 Å². The summed E-state index contributed by atoms with van der Waals surface area (Å²) in [5.41, 5.74) is 3.49. The predicted molar refractivity (Wildman–Crippen MR) is 136 cm³/mol. The van der Waals surface area contributed by atoms with Crippen molar-refractivity contribution in [3.05, 3.63) is 78.0 Å². The Hall–Kier alpha value is -3.80. The van der Waals surface area contributed by atoms with Crippen molar-refractivity contribution in [3.63, 3.8) is 0 Å². The van der Waals surface area contributed by atoms with Crippen LogP contribution in [0.1, 0.15) is 37.7 Å². The van der Waals surface area contributed by atoms with Gasteiger partial charge >= 0.3 is 0 Å². The van der Waals surface area contributed by atoms with Gasteiger partial charge in [-0.3, -0.25) is 14.5 Å². The summed E-state index contributed by atoms with van der Waals surface area (Å²) < 4.78 is 7.26. The molecule has 2 heterocycles. The second kappa shape index (κ2) is 9.45. The van der Waals surface area contributed by atoms with Gasteiger partial charge in [-0.25, -0.2) is 0 Å². The second-order valence-electron chi connectivity index (χ2n) is 9.39.